The summed E-state index contributed by atoms with van der Waals surface area (Å²) in [4.78, 5) is 27.8. The first-order chi connectivity index (χ1) is 18.9. The number of aliphatic hydroxyl groups is 1. The van der Waals surface area contributed by atoms with Gasteiger partial charge in [-0.2, -0.15) is 0 Å². The van der Waals surface area contributed by atoms with Crippen molar-refractivity contribution in [1.82, 2.24) is 10.2 Å². The molecule has 0 aromatic heterocycles. The third-order valence-electron chi connectivity index (χ3n) is 7.90. The Labute approximate surface area is 231 Å². The van der Waals surface area contributed by atoms with E-state index in [2.05, 4.69) is 24.1 Å². The summed E-state index contributed by atoms with van der Waals surface area (Å²) in [5, 5.41) is 14.5. The Balaban J connectivity index is 1.30. The van der Waals surface area contributed by atoms with Crippen LogP contribution in [-0.4, -0.2) is 66.7 Å². The van der Waals surface area contributed by atoms with E-state index in [1.807, 2.05) is 18.2 Å². The molecule has 212 valence electrons. The maximum absolute atomic E-state index is 13.0. The first kappa shape index (κ1) is 28.9. The van der Waals surface area contributed by atoms with Crippen molar-refractivity contribution < 1.29 is 28.9 Å². The summed E-state index contributed by atoms with van der Waals surface area (Å²) in [6.07, 6.45) is 4.33. The Kier molecular flexibility index (Phi) is 10.2. The van der Waals surface area contributed by atoms with E-state index in [4.69, 9.17) is 14.2 Å². The number of unbranched alkanes of at least 4 members (excludes halogenated alkanes) is 2. The number of amides is 1. The first-order valence-corrected chi connectivity index (χ1v) is 14.2. The SMILES string of the molecule is COc1ccc(C(=O)CCCCCC(=O)NC(CN2[C@H](C)CC[C@H]2C)[C@H](O)c2ccc3c(c2)OCCO3)cc1. The molecule has 4 atom stereocenters. The molecule has 2 aliphatic heterocycles. The number of carbonyl (C=O) groups excluding carboxylic acids is 2. The quantitative estimate of drug-likeness (QED) is 0.282. The van der Waals surface area contributed by atoms with Crippen LogP contribution in [0.15, 0.2) is 42.5 Å². The zero-order valence-electron chi connectivity index (χ0n) is 23.4. The highest BCUT2D eigenvalue weighted by molar-refractivity contribution is 5.96. The number of Topliss-reactive ketones (excluding diaryl/α,β-unsaturated/α-hetero) is 1. The molecule has 8 nitrogen and oxygen atoms in total. The number of likely N-dealkylation sites (tertiary alicyclic amines) is 1. The van der Waals surface area contributed by atoms with Gasteiger partial charge in [0.15, 0.2) is 17.3 Å². The number of fused-ring (bicyclic) bond motifs is 1. The second-order valence-corrected chi connectivity index (χ2v) is 10.7. The molecule has 2 heterocycles. The average molecular weight is 539 g/mol. The van der Waals surface area contributed by atoms with E-state index in [-0.39, 0.29) is 11.7 Å². The zero-order chi connectivity index (χ0) is 27.8. The summed E-state index contributed by atoms with van der Waals surface area (Å²) >= 11 is 0. The summed E-state index contributed by atoms with van der Waals surface area (Å²) in [6.45, 7) is 5.95. The molecular weight excluding hydrogens is 496 g/mol. The Morgan fingerprint density at radius 2 is 1.64 bits per heavy atom. The van der Waals surface area contributed by atoms with Crippen LogP contribution < -0.4 is 19.5 Å². The number of aliphatic hydroxyl groups excluding tert-OH is 1. The van der Waals surface area contributed by atoms with Crippen LogP contribution in [0.4, 0.5) is 0 Å². The summed E-state index contributed by atoms with van der Waals surface area (Å²) < 4.78 is 16.5. The minimum atomic E-state index is -0.883. The van der Waals surface area contributed by atoms with Crippen molar-refractivity contribution in [2.24, 2.45) is 0 Å². The Bertz CT molecular complexity index is 1090. The third kappa shape index (κ3) is 7.73. The molecule has 39 heavy (non-hydrogen) atoms. The lowest BCUT2D eigenvalue weighted by Gasteiger charge is -2.33. The maximum Gasteiger partial charge on any atom is 0.220 e. The summed E-state index contributed by atoms with van der Waals surface area (Å²) in [6, 6.07) is 13.0. The highest BCUT2D eigenvalue weighted by Crippen LogP contribution is 2.34. The molecule has 4 rings (SSSR count). The number of ether oxygens (including phenoxy) is 3. The van der Waals surface area contributed by atoms with E-state index >= 15 is 0 Å². The second kappa shape index (κ2) is 13.8. The van der Waals surface area contributed by atoms with E-state index < -0.39 is 12.1 Å². The van der Waals surface area contributed by atoms with Gasteiger partial charge in [-0.05, 0) is 81.5 Å². The van der Waals surface area contributed by atoms with Crippen LogP contribution in [0.2, 0.25) is 0 Å². The minimum Gasteiger partial charge on any atom is -0.497 e. The van der Waals surface area contributed by atoms with Gasteiger partial charge in [-0.15, -0.1) is 0 Å². The number of carbonyl (C=O) groups is 2. The average Bonchev–Trinajstić information content (AvgIpc) is 3.28. The molecule has 2 N–H and O–H groups in total. The number of nitrogens with zero attached hydrogens (tertiary/aromatic N) is 1. The molecule has 8 heteroatoms. The molecular formula is C31H42N2O6. The lowest BCUT2D eigenvalue weighted by Crippen LogP contribution is -2.49. The minimum absolute atomic E-state index is 0.0856. The van der Waals surface area contributed by atoms with Crippen molar-refractivity contribution in [2.75, 3.05) is 26.9 Å². The van der Waals surface area contributed by atoms with Crippen LogP contribution in [0.25, 0.3) is 0 Å². The Morgan fingerprint density at radius 3 is 2.33 bits per heavy atom. The lowest BCUT2D eigenvalue weighted by atomic mass is 9.99. The zero-order valence-corrected chi connectivity index (χ0v) is 23.4. The topological polar surface area (TPSA) is 97.3 Å². The number of benzene rings is 2. The second-order valence-electron chi connectivity index (χ2n) is 10.7. The molecule has 0 radical (unpaired) electrons. The van der Waals surface area contributed by atoms with Gasteiger partial charge in [0.1, 0.15) is 25.1 Å². The molecule has 1 saturated heterocycles. The predicted octanol–water partition coefficient (Wildman–Crippen LogP) is 4.69. The molecule has 0 saturated carbocycles. The van der Waals surface area contributed by atoms with Crippen molar-refractivity contribution in [3.8, 4) is 17.2 Å². The highest BCUT2D eigenvalue weighted by atomic mass is 16.6. The normalized spacial score (nSPS) is 20.3. The summed E-state index contributed by atoms with van der Waals surface area (Å²) in [5.74, 6) is 2.03. The summed E-state index contributed by atoms with van der Waals surface area (Å²) in [5.41, 5.74) is 1.37. The van der Waals surface area contributed by atoms with Gasteiger partial charge in [-0.3, -0.25) is 14.5 Å². The van der Waals surface area contributed by atoms with E-state index in [1.54, 1.807) is 31.4 Å². The molecule has 1 unspecified atom stereocenters. The van der Waals surface area contributed by atoms with E-state index in [1.165, 1.54) is 0 Å². The van der Waals surface area contributed by atoms with Crippen molar-refractivity contribution in [1.29, 1.82) is 0 Å². The molecule has 0 spiro atoms. The monoisotopic (exact) mass is 538 g/mol. The van der Waals surface area contributed by atoms with E-state index in [0.717, 1.165) is 31.4 Å². The molecule has 2 aliphatic rings. The third-order valence-corrected chi connectivity index (χ3v) is 7.90. The number of hydrogen-bond acceptors (Lipinski definition) is 7. The fourth-order valence-corrected chi connectivity index (χ4v) is 5.48. The van der Waals surface area contributed by atoms with Crippen LogP contribution >= 0.6 is 0 Å². The molecule has 1 fully saturated rings. The van der Waals surface area contributed by atoms with Crippen molar-refractivity contribution >= 4 is 11.7 Å². The molecule has 0 aliphatic carbocycles. The van der Waals surface area contributed by atoms with Gasteiger partial charge in [0.2, 0.25) is 5.91 Å². The van der Waals surface area contributed by atoms with E-state index in [9.17, 15) is 14.7 Å². The van der Waals surface area contributed by atoms with E-state index in [0.29, 0.717) is 73.7 Å². The first-order valence-electron chi connectivity index (χ1n) is 14.2. The van der Waals surface area contributed by atoms with Gasteiger partial charge in [0, 0.05) is 37.0 Å². The van der Waals surface area contributed by atoms with Gasteiger partial charge in [-0.25, -0.2) is 0 Å². The standard InChI is InChI=1S/C31H42N2O6/c1-21-9-10-22(2)33(21)20-26(31(36)24-13-16-28-29(19-24)39-18-17-38-28)32-30(35)8-6-4-5-7-27(34)23-11-14-25(37-3)15-12-23/h11-16,19,21-22,26,31,36H,4-10,17-18,20H2,1-3H3,(H,32,35)/t21-,22-,26?,31-/m1/s1. The molecule has 1 amide bonds. The number of nitrogens with one attached hydrogen (secondary N) is 1. The molecule has 2 aromatic rings. The van der Waals surface area contributed by atoms with Gasteiger partial charge in [0.05, 0.1) is 13.2 Å². The molecule has 2 aromatic carbocycles. The van der Waals surface area contributed by atoms with Gasteiger partial charge in [-0.1, -0.05) is 12.5 Å². The summed E-state index contributed by atoms with van der Waals surface area (Å²) in [7, 11) is 1.60. The van der Waals surface area contributed by atoms with Crippen LogP contribution in [0.1, 0.15) is 80.8 Å². The van der Waals surface area contributed by atoms with Gasteiger partial charge < -0.3 is 24.6 Å². The highest BCUT2D eigenvalue weighted by Gasteiger charge is 2.33. The van der Waals surface area contributed by atoms with Crippen molar-refractivity contribution in [3.05, 3.63) is 53.6 Å². The van der Waals surface area contributed by atoms with Crippen molar-refractivity contribution in [2.45, 2.75) is 83.0 Å². The van der Waals surface area contributed by atoms with Crippen LogP contribution in [0.5, 0.6) is 17.2 Å². The maximum atomic E-state index is 13.0. The number of methoxy groups -OCH3 is 1. The van der Waals surface area contributed by atoms with Gasteiger partial charge in [0.25, 0.3) is 0 Å². The van der Waals surface area contributed by atoms with Crippen molar-refractivity contribution in [3.63, 3.8) is 0 Å². The number of hydrogen-bond donors (Lipinski definition) is 2. The van der Waals surface area contributed by atoms with Crippen LogP contribution in [0, 0.1) is 0 Å². The fourth-order valence-electron chi connectivity index (χ4n) is 5.48. The fraction of sp³-hybridized carbons (Fsp3) is 0.548. The smallest absolute Gasteiger partial charge is 0.220 e. The molecule has 0 bridgehead atoms. The lowest BCUT2D eigenvalue weighted by molar-refractivity contribution is -0.123. The number of rotatable bonds is 13. The van der Waals surface area contributed by atoms with Crippen LogP contribution in [0.3, 0.4) is 0 Å². The largest absolute Gasteiger partial charge is 0.497 e. The Hall–Kier alpha value is -3.10. The van der Waals surface area contributed by atoms with Crippen LogP contribution in [-0.2, 0) is 4.79 Å². The predicted molar refractivity (Wildman–Crippen MR) is 150 cm³/mol. The Morgan fingerprint density at radius 1 is 0.974 bits per heavy atom. The number of ketones is 1. The van der Waals surface area contributed by atoms with Gasteiger partial charge >= 0.3 is 0 Å².